The molecule has 2 saturated heterocycles. The van der Waals surface area contributed by atoms with Crippen LogP contribution in [0.1, 0.15) is 40.9 Å². The van der Waals surface area contributed by atoms with Crippen LogP contribution in [0.4, 0.5) is 5.69 Å². The van der Waals surface area contributed by atoms with Crippen LogP contribution in [0, 0.1) is 0 Å². The van der Waals surface area contributed by atoms with E-state index < -0.39 is 84.6 Å². The van der Waals surface area contributed by atoms with Crippen LogP contribution in [0.3, 0.4) is 0 Å². The normalized spacial score (nSPS) is 29.9. The number of aliphatic hydroxyl groups excluding tert-OH is 3. The zero-order valence-corrected chi connectivity index (χ0v) is 30.7. The summed E-state index contributed by atoms with van der Waals surface area (Å²) in [5.74, 6) is -2.39. The third kappa shape index (κ3) is 6.85. The predicted octanol–water partition coefficient (Wildman–Crippen LogP) is 0.964. The van der Waals surface area contributed by atoms with E-state index in [1.54, 1.807) is 31.2 Å². The number of carbonyl (C=O) groups excluding carboxylic acids is 2. The van der Waals surface area contributed by atoms with Crippen molar-refractivity contribution in [3.05, 3.63) is 76.9 Å². The van der Waals surface area contributed by atoms with Gasteiger partial charge in [0.2, 0.25) is 5.91 Å². The maximum atomic E-state index is 13.5. The van der Waals surface area contributed by atoms with Gasteiger partial charge >= 0.3 is 11.9 Å². The number of rotatable bonds is 8. The summed E-state index contributed by atoms with van der Waals surface area (Å²) in [6.07, 6.45) is -13.4. The summed E-state index contributed by atoms with van der Waals surface area (Å²) in [6, 6.07) is 12.6. The largest absolute Gasteiger partial charge is 0.508 e. The first kappa shape index (κ1) is 39.1. The van der Waals surface area contributed by atoms with Crippen LogP contribution >= 0.6 is 12.2 Å². The van der Waals surface area contributed by atoms with Gasteiger partial charge in [-0.1, -0.05) is 6.07 Å². The third-order valence-corrected chi connectivity index (χ3v) is 10.3. The van der Waals surface area contributed by atoms with Crippen LogP contribution in [-0.2, 0) is 43.6 Å². The molecule has 1 spiro atoms. The van der Waals surface area contributed by atoms with Crippen LogP contribution in [0.25, 0.3) is 0 Å². The number of anilines is 1. The smallest absolute Gasteiger partial charge is 0.340 e. The van der Waals surface area contributed by atoms with E-state index in [-0.39, 0.29) is 40.3 Å². The molecule has 56 heavy (non-hydrogen) atoms. The number of phenols is 2. The van der Waals surface area contributed by atoms with Crippen molar-refractivity contribution in [3.63, 3.8) is 0 Å². The van der Waals surface area contributed by atoms with Crippen molar-refractivity contribution in [2.24, 2.45) is 0 Å². The molecule has 0 aromatic heterocycles. The number of aliphatic carboxylic acids is 1. The number of carboxylic acid groups (broad SMARTS) is 1. The van der Waals surface area contributed by atoms with Gasteiger partial charge in [-0.05, 0) is 55.5 Å². The van der Waals surface area contributed by atoms with Crippen molar-refractivity contribution in [2.45, 2.75) is 80.6 Å². The van der Waals surface area contributed by atoms with E-state index in [1.807, 2.05) is 0 Å². The number of methoxy groups -OCH3 is 1. The fourth-order valence-corrected chi connectivity index (χ4v) is 7.72. The number of carbonyl (C=O) groups is 3. The topological polar surface area (TPSA) is 261 Å². The van der Waals surface area contributed by atoms with E-state index >= 15 is 0 Å². The Hall–Kier alpha value is -5.12. The number of phenolic OH excluding ortho intramolecular Hbond substituents is 2. The summed E-state index contributed by atoms with van der Waals surface area (Å²) in [4.78, 5) is 37.5. The number of hydrogen-bond acceptors (Lipinski definition) is 16. The summed E-state index contributed by atoms with van der Waals surface area (Å²) in [5, 5.41) is 68.1. The molecule has 3 aromatic carbocycles. The van der Waals surface area contributed by atoms with Gasteiger partial charge in [-0.2, -0.15) is 0 Å². The number of thiocarbonyl (C=S) groups is 1. The minimum atomic E-state index is -1.80. The van der Waals surface area contributed by atoms with E-state index in [9.17, 15) is 45.0 Å². The monoisotopic (exact) mass is 798 g/mol. The SMILES string of the molecule is CO[C@H]1[C@H](O)[C@@H](O)[C@H](O[C@H]2[C@H](O)[C@@H](COC(=S)Nc3ccc4c(c3)C(=O)OC43c4ccc(O)cc4Oc4cc(O)ccc43)O[C@@H](C)[C@@H]2NC(C)=O)O[C@@H]1C(=O)O. The van der Waals surface area contributed by atoms with Gasteiger partial charge in [0.25, 0.3) is 5.17 Å². The molecule has 0 radical (unpaired) electrons. The summed E-state index contributed by atoms with van der Waals surface area (Å²) in [6.45, 7) is 2.44. The highest BCUT2D eigenvalue weighted by Gasteiger charge is 2.55. The first-order valence-electron chi connectivity index (χ1n) is 17.3. The van der Waals surface area contributed by atoms with Crippen LogP contribution in [0.5, 0.6) is 23.0 Å². The van der Waals surface area contributed by atoms with Crippen LogP contribution < -0.4 is 15.4 Å². The number of esters is 1. The van der Waals surface area contributed by atoms with Gasteiger partial charge in [-0.3, -0.25) is 4.79 Å². The Morgan fingerprint density at radius 2 is 1.54 bits per heavy atom. The Morgan fingerprint density at radius 3 is 2.14 bits per heavy atom. The number of ether oxygens (including phenoxy) is 7. The maximum Gasteiger partial charge on any atom is 0.340 e. The molecule has 298 valence electrons. The van der Waals surface area contributed by atoms with Crippen molar-refractivity contribution in [1.82, 2.24) is 5.32 Å². The number of aromatic hydroxyl groups is 2. The lowest BCUT2D eigenvalue weighted by molar-refractivity contribution is -0.327. The average molecular weight is 799 g/mol. The molecular formula is C37H38N2O16S. The Balaban J connectivity index is 1.07. The molecule has 18 nitrogen and oxygen atoms in total. The summed E-state index contributed by atoms with van der Waals surface area (Å²) >= 11 is 5.42. The molecule has 4 aliphatic heterocycles. The molecule has 0 aliphatic carbocycles. The minimum Gasteiger partial charge on any atom is -0.508 e. The first-order valence-corrected chi connectivity index (χ1v) is 17.7. The van der Waals surface area contributed by atoms with E-state index in [0.717, 1.165) is 7.11 Å². The number of hydrogen-bond donors (Lipinski definition) is 8. The van der Waals surface area contributed by atoms with Crippen molar-refractivity contribution in [2.75, 3.05) is 19.0 Å². The average Bonchev–Trinajstić information content (AvgIpc) is 3.42. The summed E-state index contributed by atoms with van der Waals surface area (Å²) < 4.78 is 40.2. The van der Waals surface area contributed by atoms with Gasteiger partial charge < -0.3 is 74.4 Å². The van der Waals surface area contributed by atoms with Gasteiger partial charge in [0.15, 0.2) is 18.0 Å². The van der Waals surface area contributed by atoms with E-state index in [1.165, 1.54) is 37.3 Å². The van der Waals surface area contributed by atoms with Crippen LogP contribution in [0.15, 0.2) is 54.6 Å². The van der Waals surface area contributed by atoms with E-state index in [2.05, 4.69) is 10.6 Å². The lowest BCUT2D eigenvalue weighted by atomic mass is 9.77. The van der Waals surface area contributed by atoms with Gasteiger partial charge in [0, 0.05) is 48.5 Å². The molecule has 4 heterocycles. The molecule has 1 amide bonds. The van der Waals surface area contributed by atoms with Crippen molar-refractivity contribution < 1.29 is 78.2 Å². The van der Waals surface area contributed by atoms with Crippen LogP contribution in [0.2, 0.25) is 0 Å². The Morgan fingerprint density at radius 1 is 0.893 bits per heavy atom. The third-order valence-electron chi connectivity index (χ3n) is 10.1. The van der Waals surface area contributed by atoms with E-state index in [4.69, 9.17) is 45.4 Å². The highest BCUT2D eigenvalue weighted by atomic mass is 32.1. The van der Waals surface area contributed by atoms with E-state index in [0.29, 0.717) is 22.4 Å². The quantitative estimate of drug-likeness (QED) is 0.117. The van der Waals surface area contributed by atoms with Crippen molar-refractivity contribution in [3.8, 4) is 23.0 Å². The molecule has 0 bridgehead atoms. The second-order valence-electron chi connectivity index (χ2n) is 13.7. The number of fused-ring (bicyclic) bond motifs is 6. The molecule has 10 atom stereocenters. The highest BCUT2D eigenvalue weighted by Crippen LogP contribution is 2.57. The molecule has 4 aliphatic rings. The van der Waals surface area contributed by atoms with Gasteiger partial charge in [-0.15, -0.1) is 0 Å². The highest BCUT2D eigenvalue weighted by molar-refractivity contribution is 7.80. The van der Waals surface area contributed by atoms with Crippen LogP contribution in [-0.4, -0.2) is 129 Å². The second-order valence-corrected chi connectivity index (χ2v) is 14.0. The molecule has 8 N–H and O–H groups in total. The second kappa shape index (κ2) is 15.1. The molecule has 7 rings (SSSR count). The standard InChI is InChI=1S/C37H38N2O16S/c1-14-26(38-15(2)40)30(53-35-29(45)28(44)31(49-3)32(54-35)33(46)47)27(43)25(51-14)13-50-36(56)39-16-4-7-20-19(10-16)34(48)55-37(20)21-8-5-17(41)11-23(21)52-24-12-18(42)6-9-22(24)37/h4-12,14,25-32,35,41-45H,13H2,1-3H3,(H,38,40)(H,39,56)(H,46,47)/t14-,25+,26-,27+,28+,29+,30+,31-,32-,35+/m0/s1. The minimum absolute atomic E-state index is 0.0808. The molecular weight excluding hydrogens is 760 g/mol. The Bertz CT molecular complexity index is 2010. The molecule has 2 fully saturated rings. The number of carboxylic acids is 1. The molecule has 0 saturated carbocycles. The molecule has 3 aromatic rings. The van der Waals surface area contributed by atoms with Crippen molar-refractivity contribution in [1.29, 1.82) is 0 Å². The Kier molecular flexibility index (Phi) is 10.5. The lowest BCUT2D eigenvalue weighted by Gasteiger charge is -2.47. The summed E-state index contributed by atoms with van der Waals surface area (Å²) in [5.41, 5.74) is 0.404. The van der Waals surface area contributed by atoms with Gasteiger partial charge in [-0.25, -0.2) is 9.59 Å². The molecule has 19 heteroatoms. The number of benzene rings is 3. The lowest BCUT2D eigenvalue weighted by Crippen LogP contribution is -2.67. The van der Waals surface area contributed by atoms with Gasteiger partial charge in [0.1, 0.15) is 66.2 Å². The summed E-state index contributed by atoms with van der Waals surface area (Å²) in [7, 11) is 1.14. The fourth-order valence-electron chi connectivity index (χ4n) is 7.53. The number of aliphatic hydroxyl groups is 3. The fraction of sp³-hybridized carbons (Fsp3) is 0.405. The predicted molar refractivity (Wildman–Crippen MR) is 192 cm³/mol. The van der Waals surface area contributed by atoms with Gasteiger partial charge in [0.05, 0.1) is 17.7 Å². The Labute approximate surface area is 323 Å². The van der Waals surface area contributed by atoms with Crippen molar-refractivity contribution >= 4 is 40.9 Å². The zero-order valence-electron chi connectivity index (χ0n) is 29.9. The number of amides is 1. The zero-order chi connectivity index (χ0) is 40.2. The molecule has 0 unspecified atom stereocenters. The maximum absolute atomic E-state index is 13.5. The first-order chi connectivity index (χ1) is 26.6. The number of nitrogens with one attached hydrogen (secondary N) is 2.